The molecule has 0 heterocycles. The summed E-state index contributed by atoms with van der Waals surface area (Å²) in [6, 6.07) is 11.2. The van der Waals surface area contributed by atoms with Crippen LogP contribution in [0.5, 0.6) is 5.75 Å². The summed E-state index contributed by atoms with van der Waals surface area (Å²) in [5, 5.41) is 0. The Morgan fingerprint density at radius 2 is 1.90 bits per heavy atom. The monoisotopic (exact) mass is 285 g/mol. The summed E-state index contributed by atoms with van der Waals surface area (Å²) >= 11 is 0. The summed E-state index contributed by atoms with van der Waals surface area (Å²) in [7, 11) is 1.34. The molecular weight excluding hydrogens is 266 g/mol. The molecule has 0 aliphatic carbocycles. The van der Waals surface area contributed by atoms with E-state index in [1.165, 1.54) is 12.7 Å². The van der Waals surface area contributed by atoms with E-state index in [-0.39, 0.29) is 6.61 Å². The zero-order valence-electron chi connectivity index (χ0n) is 12.5. The lowest BCUT2D eigenvalue weighted by Crippen LogP contribution is -2.11. The molecule has 0 radical (unpaired) electrons. The average molecular weight is 285 g/mol. The van der Waals surface area contributed by atoms with Crippen LogP contribution in [0.3, 0.4) is 0 Å². The third kappa shape index (κ3) is 3.34. The van der Waals surface area contributed by atoms with Crippen LogP contribution in [0.25, 0.3) is 0 Å². The van der Waals surface area contributed by atoms with Crippen LogP contribution in [0.1, 0.15) is 27.0 Å². The topological polar surface area (TPSA) is 61.5 Å². The van der Waals surface area contributed by atoms with Gasteiger partial charge in [-0.3, -0.25) is 0 Å². The molecule has 0 spiro atoms. The van der Waals surface area contributed by atoms with Crippen LogP contribution < -0.4 is 10.5 Å². The summed E-state index contributed by atoms with van der Waals surface area (Å²) in [4.78, 5) is 11.8. The van der Waals surface area contributed by atoms with Gasteiger partial charge in [-0.15, -0.1) is 0 Å². The summed E-state index contributed by atoms with van der Waals surface area (Å²) in [6.45, 7) is 4.34. The second-order valence-corrected chi connectivity index (χ2v) is 4.91. The first-order chi connectivity index (χ1) is 10.0. The summed E-state index contributed by atoms with van der Waals surface area (Å²) in [5.41, 5.74) is 9.69. The molecule has 0 unspecified atom stereocenters. The Morgan fingerprint density at radius 3 is 2.57 bits per heavy atom. The Kier molecular flexibility index (Phi) is 4.48. The highest BCUT2D eigenvalue weighted by Crippen LogP contribution is 2.22. The predicted octanol–water partition coefficient (Wildman–Crippen LogP) is 3.25. The third-order valence-electron chi connectivity index (χ3n) is 3.45. The molecule has 4 nitrogen and oxygen atoms in total. The molecule has 21 heavy (non-hydrogen) atoms. The average Bonchev–Trinajstić information content (AvgIpc) is 2.48. The van der Waals surface area contributed by atoms with Gasteiger partial charge in [-0.1, -0.05) is 18.2 Å². The molecule has 0 fully saturated rings. The number of rotatable bonds is 4. The number of benzene rings is 2. The van der Waals surface area contributed by atoms with Crippen molar-refractivity contribution in [2.45, 2.75) is 20.5 Å². The number of ether oxygens (including phenoxy) is 2. The number of hydrogen-bond acceptors (Lipinski definition) is 4. The van der Waals surface area contributed by atoms with E-state index in [1.807, 2.05) is 38.1 Å². The van der Waals surface area contributed by atoms with Crippen LogP contribution >= 0.6 is 0 Å². The Morgan fingerprint density at radius 1 is 1.14 bits per heavy atom. The minimum Gasteiger partial charge on any atom is -0.489 e. The van der Waals surface area contributed by atoms with Gasteiger partial charge in [0.25, 0.3) is 0 Å². The van der Waals surface area contributed by atoms with Crippen molar-refractivity contribution in [3.8, 4) is 5.75 Å². The van der Waals surface area contributed by atoms with Crippen LogP contribution in [0.15, 0.2) is 36.4 Å². The molecule has 0 saturated carbocycles. The maximum absolute atomic E-state index is 11.8. The lowest BCUT2D eigenvalue weighted by Gasteiger charge is -2.12. The van der Waals surface area contributed by atoms with Crippen molar-refractivity contribution in [3.05, 3.63) is 58.7 Å². The molecule has 2 aromatic carbocycles. The summed E-state index contributed by atoms with van der Waals surface area (Å²) in [5.74, 6) is 0.308. The van der Waals surface area contributed by atoms with E-state index in [1.54, 1.807) is 12.1 Å². The zero-order valence-corrected chi connectivity index (χ0v) is 12.5. The highest BCUT2D eigenvalue weighted by Gasteiger charge is 2.15. The van der Waals surface area contributed by atoms with Crippen molar-refractivity contribution in [1.29, 1.82) is 0 Å². The van der Waals surface area contributed by atoms with Gasteiger partial charge >= 0.3 is 5.97 Å². The molecule has 110 valence electrons. The zero-order chi connectivity index (χ0) is 15.4. The van der Waals surface area contributed by atoms with E-state index < -0.39 is 5.97 Å². The largest absolute Gasteiger partial charge is 0.489 e. The number of anilines is 1. The van der Waals surface area contributed by atoms with E-state index in [0.717, 1.165) is 11.3 Å². The van der Waals surface area contributed by atoms with Gasteiger partial charge in [-0.05, 0) is 43.2 Å². The van der Waals surface area contributed by atoms with Gasteiger partial charge < -0.3 is 15.2 Å². The molecule has 0 saturated heterocycles. The van der Waals surface area contributed by atoms with E-state index in [9.17, 15) is 4.79 Å². The first kappa shape index (κ1) is 14.9. The first-order valence-corrected chi connectivity index (χ1v) is 6.68. The molecule has 0 amide bonds. The fourth-order valence-electron chi connectivity index (χ4n) is 2.06. The van der Waals surface area contributed by atoms with Crippen LogP contribution in [-0.4, -0.2) is 13.1 Å². The smallest absolute Gasteiger partial charge is 0.340 e. The summed E-state index contributed by atoms with van der Waals surface area (Å²) in [6.07, 6.45) is 0. The van der Waals surface area contributed by atoms with E-state index >= 15 is 0 Å². The number of carbonyl (C=O) groups excluding carboxylic acids is 1. The molecule has 0 bridgehead atoms. The lowest BCUT2D eigenvalue weighted by atomic mass is 10.1. The van der Waals surface area contributed by atoms with Crippen molar-refractivity contribution in [2.75, 3.05) is 12.8 Å². The molecular formula is C17H19NO3. The van der Waals surface area contributed by atoms with Crippen molar-refractivity contribution < 1.29 is 14.3 Å². The maximum Gasteiger partial charge on any atom is 0.340 e. The third-order valence-corrected chi connectivity index (χ3v) is 3.45. The minimum atomic E-state index is -0.452. The van der Waals surface area contributed by atoms with Gasteiger partial charge in [0.1, 0.15) is 12.4 Å². The summed E-state index contributed by atoms with van der Waals surface area (Å²) < 4.78 is 10.5. The fourth-order valence-corrected chi connectivity index (χ4v) is 2.06. The quantitative estimate of drug-likeness (QED) is 0.692. The van der Waals surface area contributed by atoms with Crippen LogP contribution in [-0.2, 0) is 11.3 Å². The Balaban J connectivity index is 2.22. The van der Waals surface area contributed by atoms with Crippen molar-refractivity contribution in [2.24, 2.45) is 0 Å². The predicted molar refractivity (Wildman–Crippen MR) is 82.4 cm³/mol. The second kappa shape index (κ2) is 6.31. The number of methoxy groups -OCH3 is 1. The SMILES string of the molecule is COC(=O)c1c(N)cccc1COc1ccc(C)c(C)c1. The number of nitrogens with two attached hydrogens (primary N) is 1. The van der Waals surface area contributed by atoms with Gasteiger partial charge in [-0.2, -0.15) is 0 Å². The van der Waals surface area contributed by atoms with E-state index in [2.05, 4.69) is 0 Å². The standard InChI is InChI=1S/C17H19NO3/c1-11-7-8-14(9-12(11)2)21-10-13-5-4-6-15(18)16(13)17(19)20-3/h4-9H,10,18H2,1-3H3. The van der Waals surface area contributed by atoms with Crippen LogP contribution in [0.2, 0.25) is 0 Å². The number of esters is 1. The molecule has 0 aromatic heterocycles. The van der Waals surface area contributed by atoms with Gasteiger partial charge in [0.15, 0.2) is 0 Å². The molecule has 0 atom stereocenters. The number of aryl methyl sites for hydroxylation is 2. The van der Waals surface area contributed by atoms with Gasteiger partial charge in [0.2, 0.25) is 0 Å². The minimum absolute atomic E-state index is 0.262. The van der Waals surface area contributed by atoms with Crippen molar-refractivity contribution in [1.82, 2.24) is 0 Å². The second-order valence-electron chi connectivity index (χ2n) is 4.91. The van der Waals surface area contributed by atoms with E-state index in [0.29, 0.717) is 16.8 Å². The number of hydrogen-bond donors (Lipinski definition) is 1. The van der Waals surface area contributed by atoms with Gasteiger partial charge in [0.05, 0.1) is 12.7 Å². The van der Waals surface area contributed by atoms with Crippen molar-refractivity contribution >= 4 is 11.7 Å². The Labute approximate surface area is 124 Å². The van der Waals surface area contributed by atoms with Crippen molar-refractivity contribution in [3.63, 3.8) is 0 Å². The maximum atomic E-state index is 11.8. The molecule has 2 aromatic rings. The number of carbonyl (C=O) groups is 1. The molecule has 2 rings (SSSR count). The molecule has 0 aliphatic rings. The normalized spacial score (nSPS) is 10.2. The Bertz CT molecular complexity index is 665. The lowest BCUT2D eigenvalue weighted by molar-refractivity contribution is 0.0599. The molecule has 4 heteroatoms. The van der Waals surface area contributed by atoms with Gasteiger partial charge in [0, 0.05) is 11.3 Å². The van der Waals surface area contributed by atoms with Gasteiger partial charge in [-0.25, -0.2) is 4.79 Å². The highest BCUT2D eigenvalue weighted by atomic mass is 16.5. The molecule has 2 N–H and O–H groups in total. The number of nitrogen functional groups attached to an aromatic ring is 1. The fraction of sp³-hybridized carbons (Fsp3) is 0.235. The van der Waals surface area contributed by atoms with E-state index in [4.69, 9.17) is 15.2 Å². The first-order valence-electron chi connectivity index (χ1n) is 6.68. The van der Waals surface area contributed by atoms with Crippen LogP contribution in [0, 0.1) is 13.8 Å². The Hall–Kier alpha value is -2.49. The van der Waals surface area contributed by atoms with Crippen LogP contribution in [0.4, 0.5) is 5.69 Å². The molecule has 0 aliphatic heterocycles. The highest BCUT2D eigenvalue weighted by molar-refractivity contribution is 5.96.